The van der Waals surface area contributed by atoms with E-state index in [9.17, 15) is 14.5 Å². The molecular weight excluding hydrogens is 273 g/mol. The van der Waals surface area contributed by atoms with Gasteiger partial charge in [0.1, 0.15) is 5.82 Å². The Bertz CT molecular complexity index is 649. The number of nitrogens with zero attached hydrogens (tertiary/aromatic N) is 1. The minimum atomic E-state index is -0.574. The van der Waals surface area contributed by atoms with E-state index in [0.29, 0.717) is 10.7 Å². The van der Waals surface area contributed by atoms with Gasteiger partial charge in [-0.05, 0) is 24.3 Å². The van der Waals surface area contributed by atoms with Gasteiger partial charge in [0, 0.05) is 28.5 Å². The molecule has 0 aliphatic rings. The van der Waals surface area contributed by atoms with Crippen LogP contribution in [0.1, 0.15) is 0 Å². The Morgan fingerprint density at radius 1 is 1.26 bits per heavy atom. The highest BCUT2D eigenvalue weighted by atomic mass is 35.5. The first-order valence-corrected chi connectivity index (χ1v) is 5.60. The number of benzene rings is 2. The van der Waals surface area contributed by atoms with Gasteiger partial charge in [0.25, 0.3) is 5.69 Å². The molecule has 2 aromatic rings. The molecule has 2 aromatic carbocycles. The number of hydrogen-bond acceptors (Lipinski definition) is 4. The average molecular weight is 282 g/mol. The van der Waals surface area contributed by atoms with Gasteiger partial charge in [-0.1, -0.05) is 11.6 Å². The Balaban J connectivity index is 2.38. The lowest BCUT2D eigenvalue weighted by molar-refractivity contribution is -0.384. The molecule has 0 spiro atoms. The molecule has 0 aliphatic heterocycles. The molecule has 0 fully saturated rings. The number of non-ortho nitro benzene ring substituents is 1. The number of anilines is 3. The number of nitrogen functional groups attached to an aromatic ring is 1. The first kappa shape index (κ1) is 13.1. The molecular formula is C12H9ClFN3O2. The third kappa shape index (κ3) is 3.11. The van der Waals surface area contributed by atoms with Crippen LogP contribution in [0.4, 0.5) is 27.1 Å². The maximum atomic E-state index is 13.5. The van der Waals surface area contributed by atoms with Gasteiger partial charge in [0.2, 0.25) is 0 Å². The van der Waals surface area contributed by atoms with Gasteiger partial charge >= 0.3 is 0 Å². The van der Waals surface area contributed by atoms with Crippen LogP contribution >= 0.6 is 11.6 Å². The Morgan fingerprint density at radius 2 is 2.00 bits per heavy atom. The van der Waals surface area contributed by atoms with Gasteiger partial charge < -0.3 is 11.1 Å². The van der Waals surface area contributed by atoms with E-state index in [4.69, 9.17) is 17.3 Å². The van der Waals surface area contributed by atoms with E-state index in [1.54, 1.807) is 0 Å². The third-order valence-corrected chi connectivity index (χ3v) is 2.59. The van der Waals surface area contributed by atoms with Crippen molar-refractivity contribution in [3.05, 3.63) is 57.4 Å². The maximum absolute atomic E-state index is 13.5. The third-order valence-electron chi connectivity index (χ3n) is 2.36. The fourth-order valence-electron chi connectivity index (χ4n) is 1.56. The van der Waals surface area contributed by atoms with Gasteiger partial charge in [-0.3, -0.25) is 10.1 Å². The Morgan fingerprint density at radius 3 is 2.68 bits per heavy atom. The summed E-state index contributed by atoms with van der Waals surface area (Å²) >= 11 is 5.76. The Hall–Kier alpha value is -2.34. The van der Waals surface area contributed by atoms with Gasteiger partial charge in [0.05, 0.1) is 10.6 Å². The summed E-state index contributed by atoms with van der Waals surface area (Å²) in [5.74, 6) is -0.519. The molecule has 0 radical (unpaired) electrons. The molecule has 0 aromatic heterocycles. The molecule has 98 valence electrons. The molecule has 2 rings (SSSR count). The molecule has 0 bridgehead atoms. The largest absolute Gasteiger partial charge is 0.398 e. The summed E-state index contributed by atoms with van der Waals surface area (Å²) in [5, 5.41) is 13.8. The van der Waals surface area contributed by atoms with Crippen LogP contribution in [-0.2, 0) is 0 Å². The first-order chi connectivity index (χ1) is 8.95. The second-order valence-electron chi connectivity index (χ2n) is 3.82. The smallest absolute Gasteiger partial charge is 0.273 e. The van der Waals surface area contributed by atoms with Crippen molar-refractivity contribution in [3.8, 4) is 0 Å². The van der Waals surface area contributed by atoms with E-state index < -0.39 is 10.7 Å². The SMILES string of the molecule is Nc1cc(Nc2cc(Cl)ccc2F)cc([N+](=O)[O-])c1. The molecule has 19 heavy (non-hydrogen) atoms. The van der Waals surface area contributed by atoms with Crippen molar-refractivity contribution in [1.82, 2.24) is 0 Å². The maximum Gasteiger partial charge on any atom is 0.273 e. The molecule has 0 unspecified atom stereocenters. The van der Waals surface area contributed by atoms with E-state index in [0.717, 1.165) is 0 Å². The van der Waals surface area contributed by atoms with Crippen LogP contribution in [0.2, 0.25) is 5.02 Å². The van der Waals surface area contributed by atoms with Crippen LogP contribution in [0, 0.1) is 15.9 Å². The summed E-state index contributed by atoms with van der Waals surface area (Å²) in [6.07, 6.45) is 0. The minimum Gasteiger partial charge on any atom is -0.398 e. The van der Waals surface area contributed by atoms with E-state index in [2.05, 4.69) is 5.32 Å². The first-order valence-electron chi connectivity index (χ1n) is 5.23. The highest BCUT2D eigenvalue weighted by Crippen LogP contribution is 2.27. The number of nitrogens with one attached hydrogen (secondary N) is 1. The number of rotatable bonds is 3. The molecule has 0 saturated heterocycles. The summed E-state index contributed by atoms with van der Waals surface area (Å²) in [4.78, 5) is 10.1. The normalized spacial score (nSPS) is 10.2. The van der Waals surface area contributed by atoms with Crippen LogP contribution in [0.25, 0.3) is 0 Å². The van der Waals surface area contributed by atoms with Crippen molar-refractivity contribution in [2.75, 3.05) is 11.1 Å². The lowest BCUT2D eigenvalue weighted by Crippen LogP contribution is -1.97. The predicted octanol–water partition coefficient (Wildman–Crippen LogP) is 3.71. The Labute approximate surface area is 113 Å². The van der Waals surface area contributed by atoms with Gasteiger partial charge in [-0.25, -0.2) is 4.39 Å². The number of nitro groups is 1. The van der Waals surface area contributed by atoms with Crippen molar-refractivity contribution in [3.63, 3.8) is 0 Å². The standard InChI is InChI=1S/C12H9ClFN3O2/c13-7-1-2-11(14)12(3-7)16-9-4-8(15)5-10(6-9)17(18)19/h1-6,16H,15H2. The molecule has 0 saturated carbocycles. The van der Waals surface area contributed by atoms with Crippen LogP contribution in [0.15, 0.2) is 36.4 Å². The van der Waals surface area contributed by atoms with Crippen molar-refractivity contribution in [2.45, 2.75) is 0 Å². The topological polar surface area (TPSA) is 81.2 Å². The van der Waals surface area contributed by atoms with Crippen LogP contribution in [0.3, 0.4) is 0 Å². The molecule has 5 nitrogen and oxygen atoms in total. The number of hydrogen-bond donors (Lipinski definition) is 2. The highest BCUT2D eigenvalue weighted by Gasteiger charge is 2.10. The minimum absolute atomic E-state index is 0.118. The van der Waals surface area contributed by atoms with Crippen molar-refractivity contribution in [2.24, 2.45) is 0 Å². The lowest BCUT2D eigenvalue weighted by Gasteiger charge is -2.08. The van der Waals surface area contributed by atoms with Crippen LogP contribution < -0.4 is 11.1 Å². The molecule has 0 aliphatic carbocycles. The van der Waals surface area contributed by atoms with Crippen molar-refractivity contribution < 1.29 is 9.31 Å². The molecule has 7 heteroatoms. The zero-order valence-corrected chi connectivity index (χ0v) is 10.3. The molecule has 0 atom stereocenters. The predicted molar refractivity (Wildman–Crippen MR) is 72.2 cm³/mol. The fraction of sp³-hybridized carbons (Fsp3) is 0. The van der Waals surface area contributed by atoms with E-state index in [1.165, 1.54) is 36.4 Å². The van der Waals surface area contributed by atoms with E-state index >= 15 is 0 Å². The summed E-state index contributed by atoms with van der Waals surface area (Å²) in [6, 6.07) is 7.94. The van der Waals surface area contributed by atoms with Gasteiger partial charge in [-0.2, -0.15) is 0 Å². The van der Waals surface area contributed by atoms with E-state index in [-0.39, 0.29) is 17.1 Å². The number of nitro benzene ring substituents is 1. The monoisotopic (exact) mass is 281 g/mol. The highest BCUT2D eigenvalue weighted by molar-refractivity contribution is 6.30. The van der Waals surface area contributed by atoms with Crippen LogP contribution in [-0.4, -0.2) is 4.92 Å². The van der Waals surface area contributed by atoms with Crippen molar-refractivity contribution >= 4 is 34.4 Å². The summed E-state index contributed by atoms with van der Waals surface area (Å²) in [6.45, 7) is 0. The zero-order chi connectivity index (χ0) is 14.0. The average Bonchev–Trinajstić information content (AvgIpc) is 2.33. The molecule has 0 amide bonds. The quantitative estimate of drug-likeness (QED) is 0.510. The zero-order valence-electron chi connectivity index (χ0n) is 9.56. The van der Waals surface area contributed by atoms with Gasteiger partial charge in [-0.15, -0.1) is 0 Å². The molecule has 3 N–H and O–H groups in total. The number of nitrogens with two attached hydrogens (primary N) is 1. The van der Waals surface area contributed by atoms with Crippen LogP contribution in [0.5, 0.6) is 0 Å². The summed E-state index contributed by atoms with van der Waals surface area (Å²) < 4.78 is 13.5. The lowest BCUT2D eigenvalue weighted by atomic mass is 10.2. The van der Waals surface area contributed by atoms with Gasteiger partial charge in [0.15, 0.2) is 0 Å². The Kier molecular flexibility index (Phi) is 3.52. The second kappa shape index (κ2) is 5.11. The fourth-order valence-corrected chi connectivity index (χ4v) is 1.73. The molecule has 0 heterocycles. The number of halogens is 2. The van der Waals surface area contributed by atoms with E-state index in [1.807, 2.05) is 0 Å². The second-order valence-corrected chi connectivity index (χ2v) is 4.26. The summed E-state index contributed by atoms with van der Waals surface area (Å²) in [7, 11) is 0. The van der Waals surface area contributed by atoms with Crippen molar-refractivity contribution in [1.29, 1.82) is 0 Å². The summed E-state index contributed by atoms with van der Waals surface area (Å²) in [5.41, 5.74) is 6.02.